The monoisotopic (exact) mass is 119 g/mol. The predicted octanol–water partition coefficient (Wildman–Crippen LogP) is -1.18. The van der Waals surface area contributed by atoms with E-state index in [4.69, 9.17) is 0 Å². The van der Waals surface area contributed by atoms with E-state index >= 15 is 0 Å². The largest absolute Gasteiger partial charge is 0.314 e. The highest BCUT2D eigenvalue weighted by Crippen LogP contribution is 1.84. The van der Waals surface area contributed by atoms with E-state index in [1.54, 1.807) is 0 Å². The van der Waals surface area contributed by atoms with Crippen LogP contribution in [0.15, 0.2) is 0 Å². The molecule has 0 aromatic heterocycles. The first kappa shape index (κ1) is 5.41. The van der Waals surface area contributed by atoms with Crippen molar-refractivity contribution in [1.82, 2.24) is 9.62 Å². The Kier molecular flexibility index (Phi) is 1.97. The molecule has 0 aromatic rings. The summed E-state index contributed by atoms with van der Waals surface area (Å²) in [5, 5.41) is 3.24. The van der Waals surface area contributed by atoms with E-state index in [2.05, 4.69) is 22.4 Å². The quantitative estimate of drug-likeness (QED) is 0.404. The third kappa shape index (κ3) is 1.67. The maximum atomic E-state index is 3.43. The highest BCUT2D eigenvalue weighted by atomic mass is 32.1. The summed E-state index contributed by atoms with van der Waals surface area (Å²) in [6.07, 6.45) is 0. The molecule has 0 radical (unpaired) electrons. The Morgan fingerprint density at radius 2 is 1.86 bits per heavy atom. The van der Waals surface area contributed by atoms with Gasteiger partial charge in [-0.2, -0.15) is 0 Å². The molecule has 0 bridgehead atoms. The topological polar surface area (TPSA) is 15.3 Å². The first-order chi connectivity index (χ1) is 3.39. The van der Waals surface area contributed by atoms with Gasteiger partial charge in [-0.1, -0.05) is 0 Å². The zero-order valence-electron chi connectivity index (χ0n) is 4.28. The zero-order valence-corrected chi connectivity index (χ0v) is 5.28. The van der Waals surface area contributed by atoms with Gasteiger partial charge >= 0.3 is 0 Å². The van der Waals surface area contributed by atoms with Gasteiger partial charge in [0, 0.05) is 25.9 Å². The van der Waals surface area contributed by atoms with Crippen LogP contribution in [0.25, 0.3) is 0 Å². The first-order valence-electron chi connectivity index (χ1n) is 2.56. The van der Waals surface area contributed by atoms with Crippen molar-refractivity contribution in [3.05, 3.63) is 0 Å². The van der Waals surface area contributed by atoms with Crippen LogP contribution in [0.5, 0.6) is 0 Å². The van der Waals surface area contributed by atoms with Crippen LogP contribution in [0.2, 0.25) is 0 Å². The number of piperazine rings is 1. The first-order valence-corrected chi connectivity index (χ1v) is 3.01. The predicted molar refractivity (Wildman–Crippen MR) is 34.6 cm³/mol. The standard InChI is InChI=1S/C4H10N2S/c7-6-3-1-5-2-4-6/h5,7H,1-4H2/p+1. The molecule has 1 saturated heterocycles. The fraction of sp³-hybridized carbons (Fsp3) is 1.00. The van der Waals surface area contributed by atoms with Crippen LogP contribution in [0.1, 0.15) is 0 Å². The molecule has 3 heteroatoms. The van der Waals surface area contributed by atoms with Gasteiger partial charge in [0.05, 0.1) is 13.1 Å². The number of rotatable bonds is 0. The molecule has 1 fully saturated rings. The lowest BCUT2D eigenvalue weighted by Gasteiger charge is -2.15. The van der Waals surface area contributed by atoms with Crippen molar-refractivity contribution in [3.63, 3.8) is 0 Å². The van der Waals surface area contributed by atoms with Crippen LogP contribution < -0.4 is 5.32 Å². The number of hydrogen-bond acceptors (Lipinski definition) is 2. The molecule has 0 aromatic carbocycles. The highest BCUT2D eigenvalue weighted by molar-refractivity contribution is 7.55. The highest BCUT2D eigenvalue weighted by Gasteiger charge is 2.07. The summed E-state index contributed by atoms with van der Waals surface area (Å²) in [5.74, 6) is 0. The molecular weight excluding hydrogens is 108 g/mol. The van der Waals surface area contributed by atoms with Gasteiger partial charge in [-0.15, -0.1) is 4.31 Å². The molecular formula is C4H11N2S+. The van der Waals surface area contributed by atoms with Crippen LogP contribution >= 0.6 is 0 Å². The fourth-order valence-electron chi connectivity index (χ4n) is 0.665. The van der Waals surface area contributed by atoms with Crippen LogP contribution in [-0.2, 0) is 12.8 Å². The molecule has 0 atom stereocenters. The number of nitrogens with one attached hydrogen (secondary N) is 1. The molecule has 0 aliphatic carbocycles. The molecule has 0 amide bonds. The van der Waals surface area contributed by atoms with Gasteiger partial charge in [-0.3, -0.25) is 0 Å². The van der Waals surface area contributed by atoms with Crippen molar-refractivity contribution in [2.75, 3.05) is 26.2 Å². The van der Waals surface area contributed by atoms with Crippen molar-refractivity contribution in [2.24, 2.45) is 0 Å². The van der Waals surface area contributed by atoms with Crippen LogP contribution in [-0.4, -0.2) is 30.5 Å². The van der Waals surface area contributed by atoms with Crippen LogP contribution in [0.4, 0.5) is 0 Å². The average Bonchev–Trinajstić information content (AvgIpc) is 1.69. The van der Waals surface area contributed by atoms with Gasteiger partial charge in [0.25, 0.3) is 0 Å². The van der Waals surface area contributed by atoms with Crippen LogP contribution in [0, 0.1) is 0 Å². The maximum absolute atomic E-state index is 3.43. The molecule has 1 aliphatic rings. The molecule has 0 saturated carbocycles. The molecule has 1 rings (SSSR count). The van der Waals surface area contributed by atoms with Crippen molar-refractivity contribution in [2.45, 2.75) is 0 Å². The van der Waals surface area contributed by atoms with E-state index in [1.807, 2.05) is 0 Å². The normalized spacial score (nSPS) is 25.3. The molecule has 1 aliphatic heterocycles. The number of nitrogens with zero attached hydrogens (tertiary/aromatic N) is 1. The van der Waals surface area contributed by atoms with Crippen LogP contribution in [0.3, 0.4) is 0 Å². The van der Waals surface area contributed by atoms with Crippen molar-refractivity contribution in [1.29, 1.82) is 0 Å². The molecule has 7 heavy (non-hydrogen) atoms. The van der Waals surface area contributed by atoms with Crippen molar-refractivity contribution >= 4 is 12.8 Å². The van der Waals surface area contributed by atoms with E-state index in [-0.39, 0.29) is 0 Å². The minimum Gasteiger partial charge on any atom is -0.314 e. The van der Waals surface area contributed by atoms with E-state index in [0.29, 0.717) is 0 Å². The summed E-state index contributed by atoms with van der Waals surface area (Å²) in [5.41, 5.74) is 0. The van der Waals surface area contributed by atoms with E-state index in [0.717, 1.165) is 26.2 Å². The second-order valence-electron chi connectivity index (χ2n) is 1.74. The molecule has 0 unspecified atom stereocenters. The third-order valence-corrected chi connectivity index (χ3v) is 1.56. The fourth-order valence-corrected chi connectivity index (χ4v) is 0.888. The zero-order chi connectivity index (χ0) is 5.11. The van der Waals surface area contributed by atoms with E-state index in [1.165, 1.54) is 0 Å². The van der Waals surface area contributed by atoms with Gasteiger partial charge in [-0.25, -0.2) is 0 Å². The Hall–Kier alpha value is 0.270. The Morgan fingerprint density at radius 3 is 2.14 bits per heavy atom. The lowest BCUT2D eigenvalue weighted by molar-refractivity contribution is 0.399. The minimum absolute atomic E-state index is 1.11. The summed E-state index contributed by atoms with van der Waals surface area (Å²) in [6, 6.07) is 0. The van der Waals surface area contributed by atoms with Crippen molar-refractivity contribution in [3.8, 4) is 0 Å². The smallest absolute Gasteiger partial charge is 0.0566 e. The summed E-state index contributed by atoms with van der Waals surface area (Å²) < 4.78 is 2.14. The Morgan fingerprint density at radius 1 is 1.29 bits per heavy atom. The lowest BCUT2D eigenvalue weighted by atomic mass is 10.4. The molecule has 1 heterocycles. The maximum Gasteiger partial charge on any atom is 0.0566 e. The Bertz CT molecular complexity index is 51.7. The second kappa shape index (κ2) is 2.55. The van der Waals surface area contributed by atoms with E-state index < -0.39 is 0 Å². The average molecular weight is 119 g/mol. The number of hydrogen-bond donors (Lipinski definition) is 1. The van der Waals surface area contributed by atoms with Gasteiger partial charge < -0.3 is 5.32 Å². The SMILES string of the molecule is [SH2+]N1CCNCC1. The summed E-state index contributed by atoms with van der Waals surface area (Å²) in [4.78, 5) is 0. The third-order valence-electron chi connectivity index (χ3n) is 1.12. The molecule has 0 spiro atoms. The van der Waals surface area contributed by atoms with Crippen molar-refractivity contribution < 1.29 is 0 Å². The lowest BCUT2D eigenvalue weighted by Crippen LogP contribution is -2.40. The van der Waals surface area contributed by atoms with Gasteiger partial charge in [0.2, 0.25) is 0 Å². The van der Waals surface area contributed by atoms with Gasteiger partial charge in [0.15, 0.2) is 0 Å². The van der Waals surface area contributed by atoms with Gasteiger partial charge in [0.1, 0.15) is 0 Å². The molecule has 42 valence electrons. The Balaban J connectivity index is 2.12. The summed E-state index contributed by atoms with van der Waals surface area (Å²) in [7, 11) is 0. The Labute approximate surface area is 49.4 Å². The van der Waals surface area contributed by atoms with E-state index in [9.17, 15) is 0 Å². The molecule has 2 nitrogen and oxygen atoms in total. The summed E-state index contributed by atoms with van der Waals surface area (Å²) >= 11 is 3.43. The second-order valence-corrected chi connectivity index (χ2v) is 2.37. The summed E-state index contributed by atoms with van der Waals surface area (Å²) in [6.45, 7) is 4.47. The van der Waals surface area contributed by atoms with Gasteiger partial charge in [-0.05, 0) is 0 Å². The minimum atomic E-state index is 1.11. The molecule has 1 N–H and O–H groups in total.